The van der Waals surface area contributed by atoms with Crippen LogP contribution in [0.25, 0.3) is 6.08 Å². The van der Waals surface area contributed by atoms with E-state index < -0.39 is 17.6 Å². The van der Waals surface area contributed by atoms with Crippen LogP contribution in [-0.2, 0) is 17.5 Å². The van der Waals surface area contributed by atoms with Crippen LogP contribution in [0, 0.1) is 5.92 Å². The predicted molar refractivity (Wildman–Crippen MR) is 119 cm³/mol. The Bertz CT molecular complexity index is 968. The maximum absolute atomic E-state index is 12.7. The number of nitrogens with one attached hydrogen (secondary N) is 1. The number of carbonyl (C=O) groups excluding carboxylic acids is 1. The van der Waals surface area contributed by atoms with Crippen LogP contribution in [0.15, 0.2) is 42.5 Å². The number of amides is 1. The summed E-state index contributed by atoms with van der Waals surface area (Å²) in [5, 5.41) is 3.19. The van der Waals surface area contributed by atoms with Crippen LogP contribution in [0.1, 0.15) is 36.5 Å². The molecule has 8 heteroatoms. The summed E-state index contributed by atoms with van der Waals surface area (Å²) in [6.07, 6.45) is 0.472. The summed E-state index contributed by atoms with van der Waals surface area (Å²) in [5.74, 6) is 0.319. The van der Waals surface area contributed by atoms with Crippen molar-refractivity contribution in [1.82, 2.24) is 4.90 Å². The van der Waals surface area contributed by atoms with Crippen LogP contribution in [-0.4, -0.2) is 23.9 Å². The second-order valence-electron chi connectivity index (χ2n) is 7.82. The number of anilines is 1. The number of alkyl halides is 3. The molecule has 1 heterocycles. The second kappa shape index (κ2) is 10.1. The van der Waals surface area contributed by atoms with E-state index in [0.29, 0.717) is 16.3 Å². The van der Waals surface area contributed by atoms with Crippen molar-refractivity contribution in [3.63, 3.8) is 0 Å². The molecule has 0 bridgehead atoms. The zero-order valence-electron chi connectivity index (χ0n) is 17.0. The van der Waals surface area contributed by atoms with E-state index in [9.17, 15) is 18.0 Å². The van der Waals surface area contributed by atoms with Crippen LogP contribution < -0.4 is 5.32 Å². The first kappa shape index (κ1) is 23.6. The fourth-order valence-corrected chi connectivity index (χ4v) is 3.89. The Kier molecular flexibility index (Phi) is 7.68. The molecule has 2 aromatic carbocycles. The molecule has 0 aromatic heterocycles. The lowest BCUT2D eigenvalue weighted by atomic mass is 9.99. The number of halogens is 5. The fourth-order valence-electron chi connectivity index (χ4n) is 3.40. The first-order valence-electron chi connectivity index (χ1n) is 9.98. The normalized spacial score (nSPS) is 16.1. The summed E-state index contributed by atoms with van der Waals surface area (Å²) in [5.41, 5.74) is 1.01. The average molecular weight is 471 g/mol. The highest BCUT2D eigenvalue weighted by molar-refractivity contribution is 6.32. The third-order valence-electron chi connectivity index (χ3n) is 5.33. The number of piperidine rings is 1. The van der Waals surface area contributed by atoms with Crippen molar-refractivity contribution < 1.29 is 18.0 Å². The Morgan fingerprint density at radius 3 is 2.45 bits per heavy atom. The van der Waals surface area contributed by atoms with Gasteiger partial charge in [-0.1, -0.05) is 42.3 Å². The first-order valence-corrected chi connectivity index (χ1v) is 10.7. The van der Waals surface area contributed by atoms with Gasteiger partial charge < -0.3 is 5.32 Å². The van der Waals surface area contributed by atoms with Gasteiger partial charge in [-0.15, -0.1) is 0 Å². The molecule has 0 unspecified atom stereocenters. The van der Waals surface area contributed by atoms with Gasteiger partial charge in [0, 0.05) is 28.4 Å². The molecule has 0 atom stereocenters. The molecule has 1 fully saturated rings. The molecule has 2 aromatic rings. The summed E-state index contributed by atoms with van der Waals surface area (Å²) >= 11 is 12.3. The van der Waals surface area contributed by atoms with Crippen LogP contribution in [0.4, 0.5) is 18.9 Å². The van der Waals surface area contributed by atoms with Crippen molar-refractivity contribution in [2.45, 2.75) is 32.5 Å². The van der Waals surface area contributed by atoms with Crippen LogP contribution in [0.5, 0.6) is 0 Å². The maximum Gasteiger partial charge on any atom is 0.416 e. The topological polar surface area (TPSA) is 32.3 Å². The lowest BCUT2D eigenvalue weighted by Crippen LogP contribution is -2.32. The Labute approximate surface area is 189 Å². The highest BCUT2D eigenvalue weighted by Gasteiger charge is 2.30. The van der Waals surface area contributed by atoms with Crippen LogP contribution in [0.3, 0.4) is 0 Å². The molecule has 0 radical (unpaired) electrons. The van der Waals surface area contributed by atoms with Crippen LogP contribution in [0.2, 0.25) is 10.0 Å². The molecule has 0 spiro atoms. The van der Waals surface area contributed by atoms with Gasteiger partial charge in [-0.05, 0) is 73.3 Å². The molecule has 31 heavy (non-hydrogen) atoms. The number of carbonyl (C=O) groups is 1. The van der Waals surface area contributed by atoms with E-state index in [-0.39, 0.29) is 5.02 Å². The summed E-state index contributed by atoms with van der Waals surface area (Å²) in [6, 6.07) is 8.35. The molecule has 1 amide bonds. The second-order valence-corrected chi connectivity index (χ2v) is 8.64. The van der Waals surface area contributed by atoms with Gasteiger partial charge in [0.25, 0.3) is 0 Å². The Morgan fingerprint density at radius 2 is 1.84 bits per heavy atom. The summed E-state index contributed by atoms with van der Waals surface area (Å²) in [4.78, 5) is 14.6. The number of nitrogens with zero attached hydrogens (tertiary/aromatic N) is 1. The summed E-state index contributed by atoms with van der Waals surface area (Å²) in [7, 11) is 0. The van der Waals surface area contributed by atoms with Gasteiger partial charge in [-0.2, -0.15) is 13.2 Å². The average Bonchev–Trinajstić information content (AvgIpc) is 2.70. The quantitative estimate of drug-likeness (QED) is 0.482. The zero-order valence-corrected chi connectivity index (χ0v) is 18.5. The van der Waals surface area contributed by atoms with Gasteiger partial charge in [-0.3, -0.25) is 9.69 Å². The van der Waals surface area contributed by atoms with Gasteiger partial charge >= 0.3 is 6.18 Å². The van der Waals surface area contributed by atoms with E-state index in [1.54, 1.807) is 12.1 Å². The van der Waals surface area contributed by atoms with Gasteiger partial charge in [-0.25, -0.2) is 0 Å². The van der Waals surface area contributed by atoms with Crippen molar-refractivity contribution in [2.75, 3.05) is 18.4 Å². The molecule has 1 saturated heterocycles. The standard InChI is InChI=1S/C23H23Cl2F3N2O/c1-15-8-10-30(11-9-15)14-17-3-6-19(13-21(17)25)29-22(31)7-4-16-2-5-18(12-20(16)24)23(26,27)28/h2-7,12-13,15H,8-11,14H2,1H3,(H,29,31). The smallest absolute Gasteiger partial charge is 0.322 e. The number of hydrogen-bond acceptors (Lipinski definition) is 2. The highest BCUT2D eigenvalue weighted by atomic mass is 35.5. The maximum atomic E-state index is 12.7. The number of rotatable bonds is 5. The van der Waals surface area contributed by atoms with E-state index in [1.807, 2.05) is 6.07 Å². The van der Waals surface area contributed by atoms with E-state index >= 15 is 0 Å². The monoisotopic (exact) mass is 470 g/mol. The molecule has 1 aliphatic rings. The SMILES string of the molecule is CC1CCN(Cc2ccc(NC(=O)C=Cc3ccc(C(F)(F)F)cc3Cl)cc2Cl)CC1. The molecule has 166 valence electrons. The molecule has 1 aliphatic heterocycles. The van der Waals surface area contributed by atoms with Gasteiger partial charge in [0.15, 0.2) is 0 Å². The van der Waals surface area contributed by atoms with Crippen molar-refractivity contribution >= 4 is 40.9 Å². The molecular weight excluding hydrogens is 448 g/mol. The van der Waals surface area contributed by atoms with E-state index in [0.717, 1.165) is 43.2 Å². The highest BCUT2D eigenvalue weighted by Crippen LogP contribution is 2.32. The molecule has 0 aliphatic carbocycles. The Morgan fingerprint density at radius 1 is 1.13 bits per heavy atom. The minimum Gasteiger partial charge on any atom is -0.322 e. The van der Waals surface area contributed by atoms with Crippen molar-refractivity contribution in [3.05, 3.63) is 69.2 Å². The lowest BCUT2D eigenvalue weighted by molar-refractivity contribution is -0.137. The largest absolute Gasteiger partial charge is 0.416 e. The van der Waals surface area contributed by atoms with Crippen molar-refractivity contribution in [1.29, 1.82) is 0 Å². The van der Waals surface area contributed by atoms with Crippen molar-refractivity contribution in [2.24, 2.45) is 5.92 Å². The molecule has 0 saturated carbocycles. The molecule has 3 rings (SSSR count). The minimum atomic E-state index is -4.47. The third-order valence-corrected chi connectivity index (χ3v) is 6.01. The summed E-state index contributed by atoms with van der Waals surface area (Å²) in [6.45, 7) is 5.13. The third kappa shape index (κ3) is 6.73. The Balaban J connectivity index is 1.60. The van der Waals surface area contributed by atoms with Gasteiger partial charge in [0.2, 0.25) is 5.91 Å². The fraction of sp³-hybridized carbons (Fsp3) is 0.348. The molecule has 3 nitrogen and oxygen atoms in total. The van der Waals surface area contributed by atoms with E-state index in [2.05, 4.69) is 17.1 Å². The lowest BCUT2D eigenvalue weighted by Gasteiger charge is -2.30. The Hall–Kier alpha value is -2.02. The van der Waals surface area contributed by atoms with Gasteiger partial charge in [0.05, 0.1) is 5.56 Å². The molecule has 1 N–H and O–H groups in total. The van der Waals surface area contributed by atoms with Gasteiger partial charge in [0.1, 0.15) is 0 Å². The van der Waals surface area contributed by atoms with E-state index in [4.69, 9.17) is 23.2 Å². The first-order chi connectivity index (χ1) is 14.6. The minimum absolute atomic E-state index is 0.0848. The van der Waals surface area contributed by atoms with Crippen molar-refractivity contribution in [3.8, 4) is 0 Å². The number of hydrogen-bond donors (Lipinski definition) is 1. The van der Waals surface area contributed by atoms with E-state index in [1.165, 1.54) is 31.1 Å². The number of benzene rings is 2. The number of likely N-dealkylation sites (tertiary alicyclic amines) is 1. The summed E-state index contributed by atoms with van der Waals surface area (Å²) < 4.78 is 38.1. The zero-order chi connectivity index (χ0) is 22.6. The molecular formula is C23H23Cl2F3N2O. The predicted octanol–water partition coefficient (Wildman–Crippen LogP) is 6.90. The van der Waals surface area contributed by atoms with Crippen LogP contribution >= 0.6 is 23.2 Å².